The molecular weight excluding hydrogens is 384 g/mol. The summed E-state index contributed by atoms with van der Waals surface area (Å²) in [5, 5.41) is 41.2. The zero-order valence-electron chi connectivity index (χ0n) is 15.5. The molecular formula is C21H25ClO6. The summed E-state index contributed by atoms with van der Waals surface area (Å²) in [5.74, 6) is 0. The average molecular weight is 409 g/mol. The quantitative estimate of drug-likeness (QED) is 0.539. The number of rotatable bonds is 6. The van der Waals surface area contributed by atoms with Crippen LogP contribution in [0.25, 0.3) is 0 Å². The lowest BCUT2D eigenvalue weighted by Gasteiger charge is -2.56. The van der Waals surface area contributed by atoms with Gasteiger partial charge in [-0.1, -0.05) is 72.3 Å². The third kappa shape index (κ3) is 3.15. The third-order valence-corrected chi connectivity index (χ3v) is 5.58. The van der Waals surface area contributed by atoms with Crippen LogP contribution in [-0.2, 0) is 15.1 Å². The summed E-state index contributed by atoms with van der Waals surface area (Å²) in [5.41, 5.74) is -2.96. The third-order valence-electron chi connectivity index (χ3n) is 5.26. The zero-order chi connectivity index (χ0) is 20.4. The number of ether oxygens (including phenoxy) is 2. The average Bonchev–Trinajstić information content (AvgIpc) is 2.72. The van der Waals surface area contributed by atoms with Crippen LogP contribution in [0.5, 0.6) is 0 Å². The Kier molecular flexibility index (Phi) is 6.12. The molecule has 4 N–H and O–H groups in total. The van der Waals surface area contributed by atoms with Crippen molar-refractivity contribution in [1.82, 2.24) is 0 Å². The second kappa shape index (κ2) is 8.08. The number of hydrogen-bond acceptors (Lipinski definition) is 6. The van der Waals surface area contributed by atoms with Crippen molar-refractivity contribution in [3.63, 3.8) is 0 Å². The first kappa shape index (κ1) is 21.2. The number of alkyl halides is 1. The van der Waals surface area contributed by atoms with Gasteiger partial charge in [-0.15, -0.1) is 0 Å². The lowest BCUT2D eigenvalue weighted by Crippen LogP contribution is -2.76. The van der Waals surface area contributed by atoms with Gasteiger partial charge in [0.2, 0.25) is 0 Å². The molecule has 1 aliphatic heterocycles. The molecule has 3 rings (SSSR count). The Morgan fingerprint density at radius 1 is 1.07 bits per heavy atom. The summed E-state index contributed by atoms with van der Waals surface area (Å²) in [4.78, 5) is 0. The molecule has 0 aliphatic carbocycles. The number of aliphatic hydroxyl groups is 4. The molecule has 0 amide bonds. The highest BCUT2D eigenvalue weighted by Gasteiger charge is 2.69. The van der Waals surface area contributed by atoms with Gasteiger partial charge in [-0.25, -0.2) is 0 Å². The summed E-state index contributed by atoms with van der Waals surface area (Å²) in [6, 6.07) is 17.7. The fourth-order valence-corrected chi connectivity index (χ4v) is 4.25. The van der Waals surface area contributed by atoms with E-state index in [1.165, 1.54) is 0 Å². The van der Waals surface area contributed by atoms with Crippen molar-refractivity contribution in [2.75, 3.05) is 19.8 Å². The smallest absolute Gasteiger partial charge is 0.191 e. The van der Waals surface area contributed by atoms with Crippen LogP contribution < -0.4 is 0 Å². The first-order valence-electron chi connectivity index (χ1n) is 9.13. The zero-order valence-corrected chi connectivity index (χ0v) is 16.3. The Bertz CT molecular complexity index is 729. The maximum atomic E-state index is 12.0. The van der Waals surface area contributed by atoms with E-state index in [0.29, 0.717) is 11.1 Å². The van der Waals surface area contributed by atoms with Crippen LogP contribution in [0, 0.1) is 0 Å². The monoisotopic (exact) mass is 408 g/mol. The second-order valence-electron chi connectivity index (χ2n) is 6.87. The van der Waals surface area contributed by atoms with Crippen molar-refractivity contribution in [2.45, 2.75) is 35.4 Å². The molecule has 0 saturated carbocycles. The molecule has 0 radical (unpaired) electrons. The molecule has 0 unspecified atom stereocenters. The molecule has 152 valence electrons. The maximum absolute atomic E-state index is 12.0. The van der Waals surface area contributed by atoms with Gasteiger partial charge in [0, 0.05) is 6.61 Å². The number of hydrogen-bond donors (Lipinski definition) is 4. The molecule has 0 spiro atoms. The van der Waals surface area contributed by atoms with Crippen molar-refractivity contribution in [1.29, 1.82) is 0 Å². The van der Waals surface area contributed by atoms with E-state index >= 15 is 0 Å². The lowest BCUT2D eigenvalue weighted by molar-refractivity contribution is -0.319. The highest BCUT2D eigenvalue weighted by Crippen LogP contribution is 2.51. The predicted molar refractivity (Wildman–Crippen MR) is 104 cm³/mol. The van der Waals surface area contributed by atoms with E-state index in [9.17, 15) is 20.4 Å². The molecule has 0 bridgehead atoms. The summed E-state index contributed by atoms with van der Waals surface area (Å²) < 4.78 is 11.7. The van der Waals surface area contributed by atoms with Crippen LogP contribution in [0.2, 0.25) is 0 Å². The van der Waals surface area contributed by atoms with Gasteiger partial charge in [-0.05, 0) is 18.1 Å². The SMILES string of the molecule is CCOC(c1ccccc1)(c1ccccc1)[C@@]1(O)[C@@H](CO)OC[C@@](O)(Cl)[C@H]1O. The highest BCUT2D eigenvalue weighted by atomic mass is 35.5. The van der Waals surface area contributed by atoms with Gasteiger partial charge >= 0.3 is 0 Å². The van der Waals surface area contributed by atoms with Crippen LogP contribution in [-0.4, -0.2) is 63.1 Å². The van der Waals surface area contributed by atoms with Gasteiger partial charge in [0.25, 0.3) is 0 Å². The van der Waals surface area contributed by atoms with E-state index in [0.717, 1.165) is 0 Å². The summed E-state index contributed by atoms with van der Waals surface area (Å²) in [6.45, 7) is 0.836. The standard InChI is InChI=1S/C21H25ClO6/c1-2-28-21(15-9-5-3-6-10-15,16-11-7-4-8-12-16)20(26)17(13-23)27-14-19(22,25)18(20)24/h3-12,17-18,23-26H,2,13-14H2,1H3/t17-,18-,19+,20-/m1/s1. The van der Waals surface area contributed by atoms with Crippen LogP contribution in [0.15, 0.2) is 60.7 Å². The van der Waals surface area contributed by atoms with E-state index < -0.39 is 41.7 Å². The van der Waals surface area contributed by atoms with Gasteiger partial charge in [0.1, 0.15) is 12.2 Å². The molecule has 7 heteroatoms. The first-order valence-corrected chi connectivity index (χ1v) is 9.51. The largest absolute Gasteiger partial charge is 0.394 e. The molecule has 4 atom stereocenters. The molecule has 1 fully saturated rings. The Balaban J connectivity index is 2.37. The Morgan fingerprint density at radius 3 is 2.00 bits per heavy atom. The predicted octanol–water partition coefficient (Wildman–Crippen LogP) is 1.38. The van der Waals surface area contributed by atoms with Crippen LogP contribution in [0.4, 0.5) is 0 Å². The molecule has 2 aromatic carbocycles. The number of benzene rings is 2. The molecule has 1 heterocycles. The van der Waals surface area contributed by atoms with E-state index in [4.69, 9.17) is 21.1 Å². The fraction of sp³-hybridized carbons (Fsp3) is 0.429. The van der Waals surface area contributed by atoms with Crippen molar-refractivity contribution >= 4 is 11.6 Å². The molecule has 0 aromatic heterocycles. The number of aliphatic hydroxyl groups excluding tert-OH is 2. The van der Waals surface area contributed by atoms with Crippen molar-refractivity contribution in [2.24, 2.45) is 0 Å². The summed E-state index contributed by atoms with van der Waals surface area (Å²) in [7, 11) is 0. The van der Waals surface area contributed by atoms with Gasteiger partial charge in [-0.3, -0.25) is 0 Å². The Morgan fingerprint density at radius 2 is 1.57 bits per heavy atom. The Hall–Kier alpha value is -1.51. The first-order chi connectivity index (χ1) is 13.3. The molecule has 28 heavy (non-hydrogen) atoms. The second-order valence-corrected chi connectivity index (χ2v) is 7.53. The normalized spacial score (nSPS) is 30.9. The highest BCUT2D eigenvalue weighted by molar-refractivity contribution is 6.23. The van der Waals surface area contributed by atoms with Gasteiger partial charge in [0.15, 0.2) is 16.3 Å². The van der Waals surface area contributed by atoms with Gasteiger partial charge < -0.3 is 29.9 Å². The summed E-state index contributed by atoms with van der Waals surface area (Å²) in [6.07, 6.45) is -3.16. The maximum Gasteiger partial charge on any atom is 0.191 e. The minimum Gasteiger partial charge on any atom is -0.394 e. The lowest BCUT2D eigenvalue weighted by atomic mass is 9.65. The van der Waals surface area contributed by atoms with E-state index in [-0.39, 0.29) is 6.61 Å². The number of halogens is 1. The minimum atomic E-state index is -2.31. The fourth-order valence-electron chi connectivity index (χ4n) is 4.02. The van der Waals surface area contributed by atoms with E-state index in [2.05, 4.69) is 0 Å². The van der Waals surface area contributed by atoms with Crippen molar-refractivity contribution < 1.29 is 29.9 Å². The van der Waals surface area contributed by atoms with Crippen molar-refractivity contribution in [3.05, 3.63) is 71.8 Å². The molecule has 1 aliphatic rings. The molecule has 6 nitrogen and oxygen atoms in total. The van der Waals surface area contributed by atoms with Gasteiger partial charge in [0.05, 0.1) is 13.2 Å². The van der Waals surface area contributed by atoms with Crippen LogP contribution >= 0.6 is 11.6 Å². The van der Waals surface area contributed by atoms with E-state index in [1.54, 1.807) is 55.5 Å². The summed E-state index contributed by atoms with van der Waals surface area (Å²) >= 11 is 6.09. The van der Waals surface area contributed by atoms with Crippen LogP contribution in [0.1, 0.15) is 18.1 Å². The topological polar surface area (TPSA) is 99.4 Å². The molecule has 2 aromatic rings. The minimum absolute atomic E-state index is 0.164. The van der Waals surface area contributed by atoms with Crippen LogP contribution in [0.3, 0.4) is 0 Å². The Labute approximate surface area is 168 Å². The van der Waals surface area contributed by atoms with Gasteiger partial charge in [-0.2, -0.15) is 0 Å². The van der Waals surface area contributed by atoms with E-state index in [1.807, 2.05) is 12.1 Å². The van der Waals surface area contributed by atoms with Crippen molar-refractivity contribution in [3.8, 4) is 0 Å². The molecule has 1 saturated heterocycles.